The molecule has 0 aromatic carbocycles. The van der Waals surface area contributed by atoms with E-state index in [1.54, 1.807) is 0 Å². The van der Waals surface area contributed by atoms with Crippen molar-refractivity contribution in [2.24, 2.45) is 40.4 Å². The third-order valence-electron chi connectivity index (χ3n) is 8.73. The maximum Gasteiger partial charge on any atom is 0.312 e. The fourth-order valence-electron chi connectivity index (χ4n) is 6.90. The van der Waals surface area contributed by atoms with Crippen LogP contribution in [0.4, 0.5) is 0 Å². The smallest absolute Gasteiger partial charge is 0.312 e. The number of carbonyl (C=O) groups is 1. The van der Waals surface area contributed by atoms with Gasteiger partial charge in [0.2, 0.25) is 0 Å². The summed E-state index contributed by atoms with van der Waals surface area (Å²) in [4.78, 5) is 13.2. The van der Waals surface area contributed by atoms with Gasteiger partial charge < -0.3 is 4.74 Å². The van der Waals surface area contributed by atoms with Gasteiger partial charge in [0, 0.05) is 0 Å². The summed E-state index contributed by atoms with van der Waals surface area (Å²) in [6, 6.07) is 0. The molecular formula is C23H38O2. The summed E-state index contributed by atoms with van der Waals surface area (Å²) in [5.74, 6) is 4.01. The Morgan fingerprint density at radius 3 is 2.40 bits per heavy atom. The molecule has 142 valence electrons. The Labute approximate surface area is 154 Å². The molecule has 4 rings (SSSR count). The minimum atomic E-state index is -0.165. The molecule has 0 saturated heterocycles. The molecule has 0 heterocycles. The van der Waals surface area contributed by atoms with E-state index in [1.807, 2.05) is 0 Å². The number of esters is 1. The van der Waals surface area contributed by atoms with E-state index in [1.165, 1.54) is 44.9 Å². The van der Waals surface area contributed by atoms with Crippen LogP contribution in [0, 0.1) is 40.4 Å². The van der Waals surface area contributed by atoms with E-state index in [0.717, 1.165) is 37.0 Å². The van der Waals surface area contributed by atoms with E-state index >= 15 is 0 Å². The van der Waals surface area contributed by atoms with Crippen molar-refractivity contribution in [2.45, 2.75) is 98.0 Å². The van der Waals surface area contributed by atoms with Gasteiger partial charge in [-0.1, -0.05) is 66.2 Å². The predicted octanol–water partition coefficient (Wildman–Crippen LogP) is 5.99. The summed E-state index contributed by atoms with van der Waals surface area (Å²) in [6.45, 7) is 9.11. The first-order valence-corrected chi connectivity index (χ1v) is 11.1. The Kier molecular flexibility index (Phi) is 4.48. The molecule has 7 atom stereocenters. The van der Waals surface area contributed by atoms with Gasteiger partial charge in [-0.3, -0.25) is 4.79 Å². The largest absolute Gasteiger partial charge is 0.462 e. The normalized spacial score (nSPS) is 45.8. The van der Waals surface area contributed by atoms with Crippen molar-refractivity contribution < 1.29 is 9.53 Å². The highest BCUT2D eigenvalue weighted by molar-refractivity contribution is 5.80. The molecular weight excluding hydrogens is 308 g/mol. The summed E-state index contributed by atoms with van der Waals surface area (Å²) in [5, 5.41) is 0. The van der Waals surface area contributed by atoms with Gasteiger partial charge in [0.15, 0.2) is 0 Å². The van der Waals surface area contributed by atoms with Gasteiger partial charge in [-0.25, -0.2) is 0 Å². The molecule has 0 spiro atoms. The zero-order valence-corrected chi connectivity index (χ0v) is 16.9. The van der Waals surface area contributed by atoms with Crippen molar-refractivity contribution in [1.29, 1.82) is 0 Å². The van der Waals surface area contributed by atoms with Gasteiger partial charge in [-0.2, -0.15) is 0 Å². The molecule has 4 saturated carbocycles. The van der Waals surface area contributed by atoms with Crippen LogP contribution < -0.4 is 0 Å². The third-order valence-corrected chi connectivity index (χ3v) is 8.73. The number of hydrogen-bond donors (Lipinski definition) is 0. The van der Waals surface area contributed by atoms with Gasteiger partial charge in [-0.05, 0) is 60.7 Å². The minimum Gasteiger partial charge on any atom is -0.462 e. The van der Waals surface area contributed by atoms with Crippen LogP contribution in [0.5, 0.6) is 0 Å². The van der Waals surface area contributed by atoms with Crippen molar-refractivity contribution in [3.8, 4) is 0 Å². The fourth-order valence-corrected chi connectivity index (χ4v) is 6.90. The molecule has 0 aliphatic heterocycles. The minimum absolute atomic E-state index is 0.160. The van der Waals surface area contributed by atoms with Crippen LogP contribution >= 0.6 is 0 Å². The van der Waals surface area contributed by atoms with Gasteiger partial charge in [0.05, 0.1) is 5.41 Å². The van der Waals surface area contributed by atoms with Crippen LogP contribution in [0.25, 0.3) is 0 Å². The van der Waals surface area contributed by atoms with E-state index < -0.39 is 0 Å². The quantitative estimate of drug-likeness (QED) is 0.572. The lowest BCUT2D eigenvalue weighted by Crippen LogP contribution is -2.36. The molecule has 2 heteroatoms. The molecule has 0 aromatic rings. The van der Waals surface area contributed by atoms with Crippen molar-refractivity contribution in [3.05, 3.63) is 0 Å². The molecule has 25 heavy (non-hydrogen) atoms. The number of rotatable bonds is 5. The number of carbonyl (C=O) groups excluding carboxylic acids is 1. The molecule has 7 unspecified atom stereocenters. The van der Waals surface area contributed by atoms with E-state index in [0.29, 0.717) is 11.8 Å². The van der Waals surface area contributed by atoms with Crippen LogP contribution in [0.2, 0.25) is 0 Å². The summed E-state index contributed by atoms with van der Waals surface area (Å²) >= 11 is 0. The predicted molar refractivity (Wildman–Crippen MR) is 101 cm³/mol. The first kappa shape index (κ1) is 17.9. The van der Waals surface area contributed by atoms with E-state index in [2.05, 4.69) is 27.7 Å². The second-order valence-corrected chi connectivity index (χ2v) is 10.8. The highest BCUT2D eigenvalue weighted by Gasteiger charge is 2.61. The lowest BCUT2D eigenvalue weighted by molar-refractivity contribution is -0.160. The fraction of sp³-hybridized carbons (Fsp3) is 0.957. The van der Waals surface area contributed by atoms with Gasteiger partial charge in [0.1, 0.15) is 6.10 Å². The Morgan fingerprint density at radius 1 is 1.12 bits per heavy atom. The average Bonchev–Trinajstić information content (AvgIpc) is 3.09. The van der Waals surface area contributed by atoms with Gasteiger partial charge in [-0.15, -0.1) is 0 Å². The molecule has 0 aromatic heterocycles. The molecule has 0 radical (unpaired) electrons. The standard InChI is InChI=1S/C23H38O2/c1-5-22(3,4)14-23(13-15(23)2)21(24)25-19-12-17-10-6-8-16-9-7-11-18(19)20(16)17/h15-20H,5-14H2,1-4H3. The summed E-state index contributed by atoms with van der Waals surface area (Å²) in [5.41, 5.74) is 0.0741. The highest BCUT2D eigenvalue weighted by Crippen LogP contribution is 2.61. The topological polar surface area (TPSA) is 26.3 Å². The first-order chi connectivity index (χ1) is 11.9. The van der Waals surface area contributed by atoms with Crippen molar-refractivity contribution in [2.75, 3.05) is 0 Å². The second kappa shape index (κ2) is 6.27. The van der Waals surface area contributed by atoms with Crippen LogP contribution in [0.3, 0.4) is 0 Å². The van der Waals surface area contributed by atoms with E-state index in [-0.39, 0.29) is 22.9 Å². The molecule has 0 N–H and O–H groups in total. The Morgan fingerprint density at radius 2 is 1.76 bits per heavy atom. The molecule has 0 amide bonds. The van der Waals surface area contributed by atoms with Crippen LogP contribution in [-0.2, 0) is 9.53 Å². The first-order valence-electron chi connectivity index (χ1n) is 11.1. The molecule has 4 aliphatic carbocycles. The van der Waals surface area contributed by atoms with Crippen molar-refractivity contribution in [3.63, 3.8) is 0 Å². The monoisotopic (exact) mass is 346 g/mol. The summed E-state index contributed by atoms with van der Waals surface area (Å²) in [6.07, 6.45) is 12.9. The average molecular weight is 347 g/mol. The lowest BCUT2D eigenvalue weighted by atomic mass is 9.65. The second-order valence-electron chi connectivity index (χ2n) is 10.8. The van der Waals surface area contributed by atoms with Crippen molar-refractivity contribution in [1.82, 2.24) is 0 Å². The zero-order valence-electron chi connectivity index (χ0n) is 16.9. The highest BCUT2D eigenvalue weighted by atomic mass is 16.5. The SMILES string of the molecule is CCC(C)(C)CC1(C(=O)OC2CC3CCCC4CCCC2C43)CC1C. The zero-order chi connectivity index (χ0) is 17.8. The molecule has 4 fully saturated rings. The Balaban J connectivity index is 1.46. The third kappa shape index (κ3) is 3.06. The maximum atomic E-state index is 13.2. The molecule has 2 nitrogen and oxygen atoms in total. The Hall–Kier alpha value is -0.530. The Bertz CT molecular complexity index is 522. The van der Waals surface area contributed by atoms with Crippen LogP contribution in [0.1, 0.15) is 91.9 Å². The van der Waals surface area contributed by atoms with Crippen LogP contribution in [0.15, 0.2) is 0 Å². The van der Waals surface area contributed by atoms with Gasteiger partial charge in [0.25, 0.3) is 0 Å². The molecule has 4 aliphatic rings. The molecule has 0 bridgehead atoms. The lowest BCUT2D eigenvalue weighted by Gasteiger charge is -2.41. The van der Waals surface area contributed by atoms with Gasteiger partial charge >= 0.3 is 5.97 Å². The number of ether oxygens (including phenoxy) is 1. The van der Waals surface area contributed by atoms with Crippen molar-refractivity contribution >= 4 is 5.97 Å². The van der Waals surface area contributed by atoms with E-state index in [9.17, 15) is 4.79 Å². The van der Waals surface area contributed by atoms with E-state index in [4.69, 9.17) is 4.74 Å². The summed E-state index contributed by atoms with van der Waals surface area (Å²) in [7, 11) is 0. The summed E-state index contributed by atoms with van der Waals surface area (Å²) < 4.78 is 6.34. The number of hydrogen-bond acceptors (Lipinski definition) is 2. The maximum absolute atomic E-state index is 13.2. The van der Waals surface area contributed by atoms with Crippen LogP contribution in [-0.4, -0.2) is 12.1 Å².